The molecule has 8 N–H and O–H groups in total. The molecule has 0 bridgehead atoms. The van der Waals surface area contributed by atoms with E-state index in [2.05, 4.69) is 33.0 Å². The molecule has 0 spiro atoms. The number of carbonyl (C=O) groups is 2. The van der Waals surface area contributed by atoms with Crippen LogP contribution in [0.3, 0.4) is 0 Å². The van der Waals surface area contributed by atoms with Gasteiger partial charge in [-0.1, -0.05) is 22.3 Å². The number of hydrogen-bond acceptors (Lipinski definition) is 6. The Morgan fingerprint density at radius 2 is 1.96 bits per heavy atom. The molecule has 0 radical (unpaired) electrons. The molecule has 1 aromatic carbocycles. The Kier molecular flexibility index (Phi) is 8.05. The maximum Gasteiger partial charge on any atom is 0.268 e. The lowest BCUT2D eigenvalue weighted by molar-refractivity contribution is -0.134. The molecule has 0 saturated carbocycles. The SMILES string of the molecule is CC(N)(C(F)F)[C@H](NC(=O)c1ccc(C#CCNN=NN)cc1)C(=O)NO. The summed E-state index contributed by atoms with van der Waals surface area (Å²) in [6.07, 6.45) is -3.13. The predicted octanol–water partition coefficient (Wildman–Crippen LogP) is -0.545. The van der Waals surface area contributed by atoms with Crippen LogP contribution in [-0.4, -0.2) is 41.6 Å². The van der Waals surface area contributed by atoms with Gasteiger partial charge in [-0.25, -0.2) is 14.3 Å². The summed E-state index contributed by atoms with van der Waals surface area (Å²) in [7, 11) is 0. The summed E-state index contributed by atoms with van der Waals surface area (Å²) in [6.45, 7) is 1.08. The Morgan fingerprint density at radius 1 is 1.33 bits per heavy atom. The number of nitrogens with zero attached hydrogens (tertiary/aromatic N) is 2. The van der Waals surface area contributed by atoms with Crippen molar-refractivity contribution in [2.75, 3.05) is 6.54 Å². The van der Waals surface area contributed by atoms with Crippen LogP contribution < -0.4 is 27.8 Å². The molecule has 0 fully saturated rings. The van der Waals surface area contributed by atoms with Gasteiger partial charge in [0.1, 0.15) is 11.6 Å². The fourth-order valence-electron chi connectivity index (χ4n) is 1.88. The average molecular weight is 383 g/mol. The third-order valence-corrected chi connectivity index (χ3v) is 3.42. The quantitative estimate of drug-likeness (QED) is 0.0923. The van der Waals surface area contributed by atoms with Gasteiger partial charge in [0.25, 0.3) is 18.2 Å². The van der Waals surface area contributed by atoms with Gasteiger partial charge in [0.15, 0.2) is 0 Å². The van der Waals surface area contributed by atoms with Crippen molar-refractivity contribution in [1.29, 1.82) is 0 Å². The molecule has 1 aromatic rings. The molecule has 146 valence electrons. The number of halogens is 2. The van der Waals surface area contributed by atoms with Crippen LogP contribution in [0, 0.1) is 11.8 Å². The van der Waals surface area contributed by atoms with Gasteiger partial charge in [-0.3, -0.25) is 20.2 Å². The van der Waals surface area contributed by atoms with Gasteiger partial charge in [0.2, 0.25) is 0 Å². The zero-order chi connectivity index (χ0) is 20.4. The zero-order valence-corrected chi connectivity index (χ0v) is 14.2. The van der Waals surface area contributed by atoms with Crippen molar-refractivity contribution < 1.29 is 23.6 Å². The summed E-state index contributed by atoms with van der Waals surface area (Å²) in [5, 5.41) is 17.1. The highest BCUT2D eigenvalue weighted by Crippen LogP contribution is 2.18. The number of hydroxylamine groups is 1. The summed E-state index contributed by atoms with van der Waals surface area (Å²) in [4.78, 5) is 23.9. The summed E-state index contributed by atoms with van der Waals surface area (Å²) in [5.41, 5.74) is 7.36. The first-order valence-electron chi connectivity index (χ1n) is 7.47. The predicted molar refractivity (Wildman–Crippen MR) is 90.1 cm³/mol. The van der Waals surface area contributed by atoms with E-state index in [1.165, 1.54) is 29.7 Å². The van der Waals surface area contributed by atoms with E-state index in [4.69, 9.17) is 16.8 Å². The largest absolute Gasteiger partial charge is 0.338 e. The molecular formula is C15H19F2N7O3. The first-order chi connectivity index (χ1) is 12.7. The zero-order valence-electron chi connectivity index (χ0n) is 14.2. The molecule has 0 aliphatic heterocycles. The van der Waals surface area contributed by atoms with Crippen LogP contribution in [0.25, 0.3) is 0 Å². The molecule has 0 aromatic heterocycles. The highest BCUT2D eigenvalue weighted by molar-refractivity contribution is 5.98. The van der Waals surface area contributed by atoms with E-state index >= 15 is 0 Å². The monoisotopic (exact) mass is 383 g/mol. The molecule has 10 nitrogen and oxygen atoms in total. The van der Waals surface area contributed by atoms with Crippen molar-refractivity contribution in [3.8, 4) is 11.8 Å². The molecule has 2 atom stereocenters. The molecule has 1 unspecified atom stereocenters. The fourth-order valence-corrected chi connectivity index (χ4v) is 1.88. The van der Waals surface area contributed by atoms with E-state index in [1.807, 2.05) is 0 Å². The van der Waals surface area contributed by atoms with Gasteiger partial charge in [0, 0.05) is 11.1 Å². The minimum Gasteiger partial charge on any atom is -0.338 e. The molecular weight excluding hydrogens is 364 g/mol. The van der Waals surface area contributed by atoms with E-state index in [0.29, 0.717) is 5.56 Å². The van der Waals surface area contributed by atoms with E-state index in [1.54, 1.807) is 0 Å². The first-order valence-corrected chi connectivity index (χ1v) is 7.47. The molecule has 0 aliphatic carbocycles. The number of alkyl halides is 2. The molecule has 0 saturated heterocycles. The first kappa shape index (κ1) is 21.7. The number of nitrogens with two attached hydrogens (primary N) is 2. The molecule has 0 aliphatic rings. The lowest BCUT2D eigenvalue weighted by Gasteiger charge is -2.32. The average Bonchev–Trinajstić information content (AvgIpc) is 2.65. The third-order valence-electron chi connectivity index (χ3n) is 3.42. The third kappa shape index (κ3) is 6.17. The van der Waals surface area contributed by atoms with Crippen LogP contribution in [0.2, 0.25) is 0 Å². The van der Waals surface area contributed by atoms with Gasteiger partial charge in [0.05, 0.1) is 6.54 Å². The highest BCUT2D eigenvalue weighted by Gasteiger charge is 2.44. The van der Waals surface area contributed by atoms with Gasteiger partial charge in [-0.05, 0) is 31.2 Å². The lowest BCUT2D eigenvalue weighted by Crippen LogP contribution is -2.66. The van der Waals surface area contributed by atoms with Crippen molar-refractivity contribution in [2.45, 2.75) is 24.9 Å². The van der Waals surface area contributed by atoms with Gasteiger partial charge in [-0.2, -0.15) is 0 Å². The lowest BCUT2D eigenvalue weighted by atomic mass is 9.92. The number of nitrogens with one attached hydrogen (secondary N) is 3. The Morgan fingerprint density at radius 3 is 2.48 bits per heavy atom. The van der Waals surface area contributed by atoms with Crippen LogP contribution in [0.1, 0.15) is 22.8 Å². The van der Waals surface area contributed by atoms with Gasteiger partial charge in [-0.15, -0.1) is 0 Å². The molecule has 1 rings (SSSR count). The van der Waals surface area contributed by atoms with E-state index in [0.717, 1.165) is 6.92 Å². The van der Waals surface area contributed by atoms with Gasteiger partial charge >= 0.3 is 0 Å². The van der Waals surface area contributed by atoms with Crippen molar-refractivity contribution in [2.24, 2.45) is 22.0 Å². The normalized spacial score (nSPS) is 14.0. The Labute approximate surface area is 153 Å². The second kappa shape index (κ2) is 10.00. The Bertz CT molecular complexity index is 742. The van der Waals surface area contributed by atoms with E-state index < -0.39 is 29.8 Å². The second-order valence-corrected chi connectivity index (χ2v) is 5.48. The molecule has 0 heterocycles. The van der Waals surface area contributed by atoms with Crippen LogP contribution in [0.5, 0.6) is 0 Å². The number of amides is 2. The molecule has 12 heteroatoms. The molecule has 27 heavy (non-hydrogen) atoms. The van der Waals surface area contributed by atoms with Crippen LogP contribution in [0.15, 0.2) is 34.7 Å². The van der Waals surface area contributed by atoms with Crippen LogP contribution in [0.4, 0.5) is 8.78 Å². The van der Waals surface area contributed by atoms with Crippen molar-refractivity contribution >= 4 is 11.8 Å². The Balaban J connectivity index is 2.87. The van der Waals surface area contributed by atoms with E-state index in [9.17, 15) is 18.4 Å². The molecule has 2 amide bonds. The highest BCUT2D eigenvalue weighted by atomic mass is 19.3. The minimum absolute atomic E-state index is 0.0800. The maximum absolute atomic E-state index is 13.1. The number of benzene rings is 1. The Hall–Kier alpha value is -3.30. The van der Waals surface area contributed by atoms with Crippen molar-refractivity contribution in [3.63, 3.8) is 0 Å². The number of rotatable bonds is 7. The van der Waals surface area contributed by atoms with E-state index in [-0.39, 0.29) is 12.1 Å². The maximum atomic E-state index is 13.1. The van der Waals surface area contributed by atoms with Crippen LogP contribution >= 0.6 is 0 Å². The summed E-state index contributed by atoms with van der Waals surface area (Å²) < 4.78 is 26.2. The summed E-state index contributed by atoms with van der Waals surface area (Å²) in [6, 6.07) is 3.94. The second-order valence-electron chi connectivity index (χ2n) is 5.48. The minimum atomic E-state index is -3.13. The fraction of sp³-hybridized carbons (Fsp3) is 0.333. The van der Waals surface area contributed by atoms with Crippen molar-refractivity contribution in [1.82, 2.24) is 16.2 Å². The summed E-state index contributed by atoms with van der Waals surface area (Å²) >= 11 is 0. The number of carbonyl (C=O) groups excluding carboxylic acids is 2. The van der Waals surface area contributed by atoms with Crippen LogP contribution in [-0.2, 0) is 4.79 Å². The topological polar surface area (TPSA) is 167 Å². The van der Waals surface area contributed by atoms with Crippen molar-refractivity contribution in [3.05, 3.63) is 35.4 Å². The smallest absolute Gasteiger partial charge is 0.268 e. The number of hydrogen-bond donors (Lipinski definition) is 6. The van der Waals surface area contributed by atoms with Gasteiger partial charge < -0.3 is 16.9 Å². The summed E-state index contributed by atoms with van der Waals surface area (Å²) in [5.74, 6) is 8.19. The standard InChI is InChI=1S/C15H19F2N7O3/c1-15(18,14(16)17)11(13(26)22-27)21-12(25)10-6-4-9(5-7-10)3-2-8-20-24-23-19/h4-7,11,14,27H,8,18H2,1H3,(H2,19,24)(H,20,23)(H,21,25)(H,22,26)/t11-,15?/m1/s1.